The maximum atomic E-state index is 13.5. The molecule has 35 heavy (non-hydrogen) atoms. The van der Waals surface area contributed by atoms with Crippen LogP contribution in [0.2, 0.25) is 0 Å². The van der Waals surface area contributed by atoms with Gasteiger partial charge < -0.3 is 21.3 Å². The lowest BCUT2D eigenvalue weighted by Gasteiger charge is -2.38. The Kier molecular flexibility index (Phi) is 8.79. The molecule has 1 heterocycles. The zero-order valence-electron chi connectivity index (χ0n) is 21.3. The van der Waals surface area contributed by atoms with Gasteiger partial charge in [-0.25, -0.2) is 0 Å². The van der Waals surface area contributed by atoms with Gasteiger partial charge in [0, 0.05) is 31.2 Å². The number of hydrogen-bond acceptors (Lipinski definition) is 4. The van der Waals surface area contributed by atoms with Gasteiger partial charge in [0.25, 0.3) is 5.91 Å². The maximum absolute atomic E-state index is 13.5. The average Bonchev–Trinajstić information content (AvgIpc) is 3.01. The summed E-state index contributed by atoms with van der Waals surface area (Å²) in [6.07, 6.45) is 6.19. The molecule has 2 amide bonds. The Balaban J connectivity index is 1.40. The van der Waals surface area contributed by atoms with E-state index in [1.165, 1.54) is 19.3 Å². The van der Waals surface area contributed by atoms with Gasteiger partial charge in [-0.15, -0.1) is 0 Å². The summed E-state index contributed by atoms with van der Waals surface area (Å²) in [5.74, 6) is 2.00. The fraction of sp³-hybridized carbons (Fsp3) is 0.586. The van der Waals surface area contributed by atoms with Crippen molar-refractivity contribution in [2.45, 2.75) is 64.5 Å². The molecule has 4 rings (SSSR count). The van der Waals surface area contributed by atoms with E-state index in [0.717, 1.165) is 43.1 Å². The molecule has 6 heteroatoms. The van der Waals surface area contributed by atoms with Gasteiger partial charge in [-0.2, -0.15) is 0 Å². The predicted molar refractivity (Wildman–Crippen MR) is 142 cm³/mol. The minimum atomic E-state index is -0.238. The van der Waals surface area contributed by atoms with Gasteiger partial charge in [0.1, 0.15) is 0 Å². The Labute approximate surface area is 210 Å². The van der Waals surface area contributed by atoms with E-state index in [-0.39, 0.29) is 23.9 Å². The molecule has 190 valence electrons. The molecule has 2 fully saturated rings. The third-order valence-electron chi connectivity index (χ3n) is 8.22. The normalized spacial score (nSPS) is 27.6. The number of nitrogens with two attached hydrogens (primary N) is 1. The van der Waals surface area contributed by atoms with Crippen molar-refractivity contribution >= 4 is 22.6 Å². The lowest BCUT2D eigenvalue weighted by atomic mass is 9.73. The minimum Gasteiger partial charge on any atom is -0.350 e. The molecule has 2 aromatic carbocycles. The largest absolute Gasteiger partial charge is 0.350 e. The van der Waals surface area contributed by atoms with Crippen molar-refractivity contribution in [1.82, 2.24) is 15.5 Å². The van der Waals surface area contributed by atoms with Crippen LogP contribution in [0.4, 0.5) is 0 Å². The standard InChI is InChI=1S/C29H42N4O2/c1-20-7-5-8-21(2)26(20)19-33-16-14-25(32-27(29(33)35)11-6-15-30)18-31-28(34)24-13-12-22-9-3-4-10-23(22)17-24/h3-4,9-10,12-13,17,20-21,25-27,32H,5-8,11,14-16,18-19,30H2,1-2H3,(H,31,34)/t20?,21?,25?,26?,27-/m0/s1. The Morgan fingerprint density at radius 1 is 1.09 bits per heavy atom. The molecule has 4 N–H and O–H groups in total. The lowest BCUT2D eigenvalue weighted by molar-refractivity contribution is -0.134. The van der Waals surface area contributed by atoms with Crippen LogP contribution in [0.25, 0.3) is 10.8 Å². The van der Waals surface area contributed by atoms with Crippen LogP contribution < -0.4 is 16.4 Å². The summed E-state index contributed by atoms with van der Waals surface area (Å²) in [5.41, 5.74) is 6.44. The summed E-state index contributed by atoms with van der Waals surface area (Å²) in [6, 6.07) is 13.7. The highest BCUT2D eigenvalue weighted by atomic mass is 16.2. The smallest absolute Gasteiger partial charge is 0.251 e. The second-order valence-corrected chi connectivity index (χ2v) is 10.7. The van der Waals surface area contributed by atoms with Crippen LogP contribution in [-0.2, 0) is 4.79 Å². The van der Waals surface area contributed by atoms with Crippen molar-refractivity contribution in [3.8, 4) is 0 Å². The predicted octanol–water partition coefficient (Wildman–Crippen LogP) is 3.94. The highest BCUT2D eigenvalue weighted by Crippen LogP contribution is 2.35. The highest BCUT2D eigenvalue weighted by Gasteiger charge is 2.35. The number of carbonyl (C=O) groups is 2. The van der Waals surface area contributed by atoms with Crippen molar-refractivity contribution in [2.75, 3.05) is 26.2 Å². The maximum Gasteiger partial charge on any atom is 0.251 e. The van der Waals surface area contributed by atoms with Crippen LogP contribution in [0.3, 0.4) is 0 Å². The summed E-state index contributed by atoms with van der Waals surface area (Å²) in [5, 5.41) is 8.85. The number of fused-ring (bicyclic) bond motifs is 1. The minimum absolute atomic E-state index is 0.0531. The third-order valence-corrected chi connectivity index (χ3v) is 8.22. The van der Waals surface area contributed by atoms with Crippen molar-refractivity contribution < 1.29 is 9.59 Å². The lowest BCUT2D eigenvalue weighted by Crippen LogP contribution is -2.50. The number of benzene rings is 2. The first-order chi connectivity index (χ1) is 17.0. The Morgan fingerprint density at radius 2 is 1.83 bits per heavy atom. The summed E-state index contributed by atoms with van der Waals surface area (Å²) < 4.78 is 0. The molecule has 2 aromatic rings. The molecule has 0 spiro atoms. The quantitative estimate of drug-likeness (QED) is 0.536. The highest BCUT2D eigenvalue weighted by molar-refractivity contribution is 5.98. The Morgan fingerprint density at radius 3 is 2.57 bits per heavy atom. The number of rotatable bonds is 8. The fourth-order valence-electron chi connectivity index (χ4n) is 5.97. The van der Waals surface area contributed by atoms with Gasteiger partial charge in [0.05, 0.1) is 6.04 Å². The van der Waals surface area contributed by atoms with Crippen LogP contribution in [-0.4, -0.2) is 55.0 Å². The molecule has 2 aliphatic rings. The zero-order chi connectivity index (χ0) is 24.8. The average molecular weight is 479 g/mol. The van der Waals surface area contributed by atoms with E-state index in [1.54, 1.807) is 0 Å². The van der Waals surface area contributed by atoms with Gasteiger partial charge >= 0.3 is 0 Å². The summed E-state index contributed by atoms with van der Waals surface area (Å²) in [4.78, 5) is 28.5. The van der Waals surface area contributed by atoms with Gasteiger partial charge in [0.15, 0.2) is 0 Å². The Bertz CT molecular complexity index is 999. The van der Waals surface area contributed by atoms with E-state index in [1.807, 2.05) is 42.5 Å². The van der Waals surface area contributed by atoms with E-state index < -0.39 is 0 Å². The summed E-state index contributed by atoms with van der Waals surface area (Å²) in [6.45, 7) is 7.35. The van der Waals surface area contributed by atoms with Gasteiger partial charge in [-0.05, 0) is 66.5 Å². The summed E-state index contributed by atoms with van der Waals surface area (Å²) in [7, 11) is 0. The Hall–Kier alpha value is -2.44. The molecule has 3 unspecified atom stereocenters. The van der Waals surface area contributed by atoms with Crippen molar-refractivity contribution in [3.05, 3.63) is 48.0 Å². The van der Waals surface area contributed by atoms with E-state index >= 15 is 0 Å². The zero-order valence-corrected chi connectivity index (χ0v) is 21.3. The number of hydrogen-bond donors (Lipinski definition) is 3. The van der Waals surface area contributed by atoms with E-state index in [0.29, 0.717) is 36.4 Å². The molecule has 0 aromatic heterocycles. The topological polar surface area (TPSA) is 87.5 Å². The molecule has 1 aliphatic carbocycles. The van der Waals surface area contributed by atoms with Gasteiger partial charge in [-0.3, -0.25) is 9.59 Å². The third kappa shape index (κ3) is 6.42. The van der Waals surface area contributed by atoms with Gasteiger partial charge in [0.2, 0.25) is 5.91 Å². The monoisotopic (exact) mass is 478 g/mol. The van der Waals surface area contributed by atoms with Crippen LogP contribution in [0, 0.1) is 17.8 Å². The molecule has 1 saturated carbocycles. The molecule has 1 aliphatic heterocycles. The van der Waals surface area contributed by atoms with Crippen molar-refractivity contribution in [1.29, 1.82) is 0 Å². The SMILES string of the molecule is CC1CCCC(C)C1CN1CCC(CNC(=O)c2ccc3ccccc3c2)N[C@@H](CCCN)C1=O. The molecule has 1 saturated heterocycles. The van der Waals surface area contributed by atoms with E-state index in [9.17, 15) is 9.59 Å². The van der Waals surface area contributed by atoms with E-state index in [2.05, 4.69) is 29.4 Å². The molecule has 0 bridgehead atoms. The number of nitrogens with one attached hydrogen (secondary N) is 2. The molecular formula is C29H42N4O2. The number of carbonyl (C=O) groups excluding carboxylic acids is 2. The fourth-order valence-corrected chi connectivity index (χ4v) is 5.97. The number of nitrogens with zero attached hydrogens (tertiary/aromatic N) is 1. The van der Waals surface area contributed by atoms with Crippen LogP contribution in [0.5, 0.6) is 0 Å². The second kappa shape index (κ2) is 12.0. The van der Waals surface area contributed by atoms with E-state index in [4.69, 9.17) is 5.73 Å². The van der Waals surface area contributed by atoms with Crippen LogP contribution in [0.15, 0.2) is 42.5 Å². The van der Waals surface area contributed by atoms with Gasteiger partial charge in [-0.1, -0.05) is 63.4 Å². The van der Waals surface area contributed by atoms with Crippen LogP contribution in [0.1, 0.15) is 62.7 Å². The summed E-state index contributed by atoms with van der Waals surface area (Å²) >= 11 is 0. The first kappa shape index (κ1) is 25.6. The second-order valence-electron chi connectivity index (χ2n) is 10.7. The first-order valence-electron chi connectivity index (χ1n) is 13.5. The van der Waals surface area contributed by atoms with Crippen LogP contribution >= 0.6 is 0 Å². The molecular weight excluding hydrogens is 436 g/mol. The molecule has 0 radical (unpaired) electrons. The van der Waals surface area contributed by atoms with Crippen molar-refractivity contribution in [2.24, 2.45) is 23.5 Å². The molecule has 4 atom stereocenters. The molecule has 6 nitrogen and oxygen atoms in total. The van der Waals surface area contributed by atoms with Crippen molar-refractivity contribution in [3.63, 3.8) is 0 Å². The number of amides is 2. The first-order valence-corrected chi connectivity index (χ1v) is 13.5.